The molecule has 0 saturated heterocycles. The van der Waals surface area contributed by atoms with Crippen molar-refractivity contribution in [3.05, 3.63) is 59.7 Å². The van der Waals surface area contributed by atoms with E-state index in [0.717, 1.165) is 17.7 Å². The first-order valence-electron chi connectivity index (χ1n) is 8.57. The number of hydrogen-bond acceptors (Lipinski definition) is 4. The van der Waals surface area contributed by atoms with Gasteiger partial charge in [0.05, 0.1) is 11.4 Å². The van der Waals surface area contributed by atoms with Crippen molar-refractivity contribution in [3.63, 3.8) is 0 Å². The van der Waals surface area contributed by atoms with E-state index in [0.29, 0.717) is 13.0 Å². The Labute approximate surface area is 154 Å². The predicted molar refractivity (Wildman–Crippen MR) is 101 cm³/mol. The van der Waals surface area contributed by atoms with Gasteiger partial charge in [-0.15, -0.1) is 0 Å². The smallest absolute Gasteiger partial charge is 0.239 e. The number of nitrogens with zero attached hydrogens (tertiary/aromatic N) is 1. The monoisotopic (exact) mass is 373 g/mol. The summed E-state index contributed by atoms with van der Waals surface area (Å²) in [6, 6.07) is 15.0. The van der Waals surface area contributed by atoms with Crippen LogP contribution in [0.1, 0.15) is 18.1 Å². The molecular formula is C19H23N3O3S. The van der Waals surface area contributed by atoms with Gasteiger partial charge in [0.1, 0.15) is 0 Å². The van der Waals surface area contributed by atoms with Crippen molar-refractivity contribution >= 4 is 21.6 Å². The van der Waals surface area contributed by atoms with Crippen molar-refractivity contribution in [2.24, 2.45) is 5.14 Å². The van der Waals surface area contributed by atoms with Gasteiger partial charge >= 0.3 is 0 Å². The third kappa shape index (κ3) is 4.23. The van der Waals surface area contributed by atoms with Gasteiger partial charge in [-0.1, -0.05) is 30.3 Å². The molecule has 7 heteroatoms. The quantitative estimate of drug-likeness (QED) is 0.801. The number of carbonyl (C=O) groups is 1. The second kappa shape index (κ2) is 7.47. The summed E-state index contributed by atoms with van der Waals surface area (Å²) >= 11 is 0. The van der Waals surface area contributed by atoms with Gasteiger partial charge in [0.25, 0.3) is 0 Å². The topological polar surface area (TPSA) is 92.5 Å². The van der Waals surface area contributed by atoms with Crippen molar-refractivity contribution in [1.82, 2.24) is 5.32 Å². The largest absolute Gasteiger partial charge is 0.359 e. The Morgan fingerprint density at radius 1 is 1.23 bits per heavy atom. The minimum Gasteiger partial charge on any atom is -0.359 e. The first-order valence-corrected chi connectivity index (χ1v) is 10.1. The van der Waals surface area contributed by atoms with Gasteiger partial charge in [0, 0.05) is 18.3 Å². The lowest BCUT2D eigenvalue weighted by atomic mass is 10.1. The highest BCUT2D eigenvalue weighted by atomic mass is 32.2. The molecule has 0 saturated carbocycles. The van der Waals surface area contributed by atoms with Crippen molar-refractivity contribution in [3.8, 4) is 0 Å². The van der Waals surface area contributed by atoms with E-state index >= 15 is 0 Å². The first kappa shape index (κ1) is 18.4. The average Bonchev–Trinajstić information content (AvgIpc) is 2.90. The van der Waals surface area contributed by atoms with Crippen LogP contribution in [0.3, 0.4) is 0 Å². The number of amides is 1. The highest BCUT2D eigenvalue weighted by Crippen LogP contribution is 2.33. The van der Waals surface area contributed by atoms with Crippen LogP contribution in [-0.4, -0.2) is 33.5 Å². The third-order valence-corrected chi connectivity index (χ3v) is 5.54. The van der Waals surface area contributed by atoms with Crippen molar-refractivity contribution in [2.75, 3.05) is 18.0 Å². The molecule has 26 heavy (non-hydrogen) atoms. The lowest BCUT2D eigenvalue weighted by Crippen LogP contribution is -2.40. The average molecular weight is 373 g/mol. The summed E-state index contributed by atoms with van der Waals surface area (Å²) in [5, 5.41) is 8.15. The summed E-state index contributed by atoms with van der Waals surface area (Å²) in [6.07, 6.45) is 1.48. The van der Waals surface area contributed by atoms with E-state index in [1.165, 1.54) is 11.6 Å². The fourth-order valence-electron chi connectivity index (χ4n) is 3.29. The lowest BCUT2D eigenvalue weighted by Gasteiger charge is -2.24. The first-order chi connectivity index (χ1) is 12.3. The Balaban J connectivity index is 1.61. The third-order valence-electron chi connectivity index (χ3n) is 4.63. The zero-order chi connectivity index (χ0) is 18.7. The number of nitrogens with two attached hydrogens (primary N) is 1. The number of anilines is 1. The van der Waals surface area contributed by atoms with Crippen LogP contribution in [0.2, 0.25) is 0 Å². The molecule has 1 aliphatic heterocycles. The molecule has 3 N–H and O–H groups in total. The number of nitrogens with one attached hydrogen (secondary N) is 1. The van der Waals surface area contributed by atoms with Gasteiger partial charge in [-0.3, -0.25) is 4.79 Å². The second-order valence-corrected chi connectivity index (χ2v) is 8.16. The zero-order valence-electron chi connectivity index (χ0n) is 14.7. The molecule has 0 bridgehead atoms. The molecule has 0 fully saturated rings. The number of carbonyl (C=O) groups excluding carboxylic acids is 1. The molecular weight excluding hydrogens is 350 g/mol. The van der Waals surface area contributed by atoms with E-state index in [1.807, 2.05) is 42.2 Å². The lowest BCUT2D eigenvalue weighted by molar-refractivity contribution is -0.119. The van der Waals surface area contributed by atoms with E-state index < -0.39 is 10.0 Å². The molecule has 0 aliphatic carbocycles. The van der Waals surface area contributed by atoms with Gasteiger partial charge < -0.3 is 10.2 Å². The normalized spacial score (nSPS) is 16.4. The van der Waals surface area contributed by atoms with E-state index in [9.17, 15) is 13.2 Å². The van der Waals surface area contributed by atoms with Crippen LogP contribution in [0.25, 0.3) is 0 Å². The number of primary sulfonamides is 1. The van der Waals surface area contributed by atoms with E-state index in [1.54, 1.807) is 12.1 Å². The minimum atomic E-state index is -3.72. The van der Waals surface area contributed by atoms with E-state index in [2.05, 4.69) is 5.32 Å². The molecule has 0 spiro atoms. The summed E-state index contributed by atoms with van der Waals surface area (Å²) in [5.74, 6) is -0.0452. The Morgan fingerprint density at radius 2 is 1.96 bits per heavy atom. The Morgan fingerprint density at radius 3 is 2.65 bits per heavy atom. The van der Waals surface area contributed by atoms with Crippen LogP contribution < -0.4 is 15.4 Å². The van der Waals surface area contributed by atoms with Crippen molar-refractivity contribution in [1.29, 1.82) is 0 Å². The molecule has 1 aliphatic rings. The molecule has 1 heterocycles. The Hall–Kier alpha value is -2.38. The Kier molecular flexibility index (Phi) is 5.29. The molecule has 138 valence electrons. The number of benzene rings is 2. The van der Waals surface area contributed by atoms with E-state index in [4.69, 9.17) is 5.14 Å². The molecule has 2 aromatic carbocycles. The fraction of sp³-hybridized carbons (Fsp3) is 0.316. The zero-order valence-corrected chi connectivity index (χ0v) is 15.5. The molecule has 6 nitrogen and oxygen atoms in total. The maximum atomic E-state index is 12.3. The van der Waals surface area contributed by atoms with E-state index in [-0.39, 0.29) is 23.4 Å². The number of fused-ring (bicyclic) bond motifs is 1. The minimum absolute atomic E-state index is 0.0452. The van der Waals surface area contributed by atoms with Crippen LogP contribution in [0, 0.1) is 0 Å². The molecule has 0 aromatic heterocycles. The SMILES string of the molecule is CC1Cc2cc(S(N)(=O)=O)ccc2N1CC(=O)NCCc1ccccc1. The molecule has 1 atom stereocenters. The molecule has 1 unspecified atom stereocenters. The van der Waals surface area contributed by atoms with Crippen molar-refractivity contribution < 1.29 is 13.2 Å². The highest BCUT2D eigenvalue weighted by molar-refractivity contribution is 7.89. The van der Waals surface area contributed by atoms with Crippen LogP contribution in [0.4, 0.5) is 5.69 Å². The van der Waals surface area contributed by atoms with Gasteiger partial charge in [0.15, 0.2) is 0 Å². The maximum Gasteiger partial charge on any atom is 0.239 e. The van der Waals surface area contributed by atoms with Gasteiger partial charge in [-0.2, -0.15) is 0 Å². The maximum absolute atomic E-state index is 12.3. The summed E-state index contributed by atoms with van der Waals surface area (Å²) in [4.78, 5) is 14.4. The second-order valence-electron chi connectivity index (χ2n) is 6.60. The van der Waals surface area contributed by atoms with Crippen LogP contribution >= 0.6 is 0 Å². The van der Waals surface area contributed by atoms with Crippen LogP contribution in [0.15, 0.2) is 53.4 Å². The summed E-state index contributed by atoms with van der Waals surface area (Å²) < 4.78 is 23.0. The summed E-state index contributed by atoms with van der Waals surface area (Å²) in [5.41, 5.74) is 2.98. The van der Waals surface area contributed by atoms with Crippen LogP contribution in [-0.2, 0) is 27.7 Å². The van der Waals surface area contributed by atoms with Crippen molar-refractivity contribution in [2.45, 2.75) is 30.7 Å². The molecule has 0 radical (unpaired) electrons. The molecule has 3 rings (SSSR count). The van der Waals surface area contributed by atoms with Gasteiger partial charge in [-0.05, 0) is 49.1 Å². The van der Waals surface area contributed by atoms with Crippen LogP contribution in [0.5, 0.6) is 0 Å². The number of sulfonamides is 1. The van der Waals surface area contributed by atoms with Gasteiger partial charge in [-0.25, -0.2) is 13.6 Å². The predicted octanol–water partition coefficient (Wildman–Crippen LogP) is 1.44. The fourth-order valence-corrected chi connectivity index (χ4v) is 3.86. The highest BCUT2D eigenvalue weighted by Gasteiger charge is 2.28. The standard InChI is InChI=1S/C19H23N3O3S/c1-14-11-16-12-17(26(20,24)25)7-8-18(16)22(14)13-19(23)21-10-9-15-5-3-2-4-6-15/h2-8,12,14H,9-11,13H2,1H3,(H,21,23)(H2,20,24,25). The summed E-state index contributed by atoms with van der Waals surface area (Å²) in [6.45, 7) is 2.85. The van der Waals surface area contributed by atoms with Gasteiger partial charge in [0.2, 0.25) is 15.9 Å². The summed E-state index contributed by atoms with van der Waals surface area (Å²) in [7, 11) is -3.72. The number of rotatable bonds is 6. The molecule has 1 amide bonds. The number of hydrogen-bond donors (Lipinski definition) is 2. The Bertz CT molecular complexity index is 898. The molecule has 2 aromatic rings.